The standard InChI is InChI=1S/C19H27N3O4S2/c1-13-5-7-14(8-6-13)22(4)18(23)12-27-19-20-16-11-15(9-10-17(16)26-19)28(24,25)21(2)3/h9-11,13-14H,5-8,12H2,1-4H3. The smallest absolute Gasteiger partial charge is 0.257 e. The van der Waals surface area contributed by atoms with E-state index in [2.05, 4.69) is 11.9 Å². The van der Waals surface area contributed by atoms with Crippen LogP contribution in [0.25, 0.3) is 11.1 Å². The first kappa shape index (κ1) is 21.1. The maximum atomic E-state index is 12.5. The zero-order valence-electron chi connectivity index (χ0n) is 16.7. The van der Waals surface area contributed by atoms with Gasteiger partial charge in [-0.1, -0.05) is 18.7 Å². The van der Waals surface area contributed by atoms with Crippen molar-refractivity contribution in [1.82, 2.24) is 14.2 Å². The minimum absolute atomic E-state index is 0.0580. The molecule has 28 heavy (non-hydrogen) atoms. The second-order valence-corrected chi connectivity index (χ2v) is 10.7. The van der Waals surface area contributed by atoms with Crippen molar-refractivity contribution in [1.29, 1.82) is 0 Å². The summed E-state index contributed by atoms with van der Waals surface area (Å²) in [5.41, 5.74) is 0.967. The van der Waals surface area contributed by atoms with Crippen LogP contribution in [0.5, 0.6) is 0 Å². The summed E-state index contributed by atoms with van der Waals surface area (Å²) in [4.78, 5) is 18.9. The second kappa shape index (κ2) is 8.42. The Labute approximate surface area is 170 Å². The fourth-order valence-electron chi connectivity index (χ4n) is 3.38. The van der Waals surface area contributed by atoms with Gasteiger partial charge in [0.25, 0.3) is 5.22 Å². The molecule has 1 aromatic carbocycles. The largest absolute Gasteiger partial charge is 0.431 e. The zero-order chi connectivity index (χ0) is 20.5. The highest BCUT2D eigenvalue weighted by atomic mass is 32.2. The number of fused-ring (bicyclic) bond motifs is 1. The highest BCUT2D eigenvalue weighted by Gasteiger charge is 2.25. The lowest BCUT2D eigenvalue weighted by Crippen LogP contribution is -2.40. The van der Waals surface area contributed by atoms with Crippen LogP contribution >= 0.6 is 11.8 Å². The summed E-state index contributed by atoms with van der Waals surface area (Å²) in [7, 11) is 1.31. The monoisotopic (exact) mass is 425 g/mol. The van der Waals surface area contributed by atoms with E-state index in [1.807, 2.05) is 11.9 Å². The molecule has 2 aromatic rings. The minimum atomic E-state index is -3.53. The van der Waals surface area contributed by atoms with Gasteiger partial charge in [-0.15, -0.1) is 0 Å². The first-order chi connectivity index (χ1) is 13.2. The SMILES string of the molecule is CC1CCC(N(C)C(=O)CSc2nc3cc(S(=O)(=O)N(C)C)ccc3o2)CC1. The number of sulfonamides is 1. The Morgan fingerprint density at radius 2 is 1.89 bits per heavy atom. The molecule has 154 valence electrons. The van der Waals surface area contributed by atoms with Gasteiger partial charge in [0.1, 0.15) is 5.52 Å². The van der Waals surface area contributed by atoms with E-state index in [0.29, 0.717) is 22.4 Å². The summed E-state index contributed by atoms with van der Waals surface area (Å²) in [6.45, 7) is 2.26. The highest BCUT2D eigenvalue weighted by molar-refractivity contribution is 7.99. The fourth-order valence-corrected chi connectivity index (χ4v) is 5.06. The molecule has 3 rings (SSSR count). The number of amides is 1. The van der Waals surface area contributed by atoms with E-state index in [1.54, 1.807) is 6.07 Å². The van der Waals surface area contributed by atoms with Crippen LogP contribution in [0.2, 0.25) is 0 Å². The predicted molar refractivity (Wildman–Crippen MR) is 110 cm³/mol. The van der Waals surface area contributed by atoms with Crippen LogP contribution in [0.1, 0.15) is 32.6 Å². The summed E-state index contributed by atoms with van der Waals surface area (Å²) in [6, 6.07) is 4.90. The molecule has 9 heteroatoms. The van der Waals surface area contributed by atoms with Crippen LogP contribution < -0.4 is 0 Å². The quantitative estimate of drug-likeness (QED) is 0.661. The Bertz CT molecular complexity index is 947. The van der Waals surface area contributed by atoms with Crippen molar-refractivity contribution >= 4 is 38.8 Å². The van der Waals surface area contributed by atoms with Crippen LogP contribution in [0, 0.1) is 5.92 Å². The first-order valence-corrected chi connectivity index (χ1v) is 11.8. The Hall–Kier alpha value is -1.58. The molecule has 0 unspecified atom stereocenters. The van der Waals surface area contributed by atoms with E-state index >= 15 is 0 Å². The Kier molecular flexibility index (Phi) is 6.36. The molecule has 0 N–H and O–H groups in total. The van der Waals surface area contributed by atoms with Gasteiger partial charge in [-0.25, -0.2) is 17.7 Å². The maximum Gasteiger partial charge on any atom is 0.257 e. The van der Waals surface area contributed by atoms with Crippen molar-refractivity contribution in [2.75, 3.05) is 26.9 Å². The number of oxazole rings is 1. The molecule has 1 aliphatic rings. The van der Waals surface area contributed by atoms with Gasteiger partial charge in [0.05, 0.1) is 10.6 Å². The van der Waals surface area contributed by atoms with Crippen molar-refractivity contribution in [3.8, 4) is 0 Å². The summed E-state index contributed by atoms with van der Waals surface area (Å²) in [5.74, 6) is 1.05. The van der Waals surface area contributed by atoms with Gasteiger partial charge in [-0.05, 0) is 49.8 Å². The molecule has 1 fully saturated rings. The summed E-state index contributed by atoms with van der Waals surface area (Å²) in [6.07, 6.45) is 4.44. The Morgan fingerprint density at radius 1 is 1.21 bits per heavy atom. The van der Waals surface area contributed by atoms with Crippen LogP contribution in [-0.2, 0) is 14.8 Å². The molecular formula is C19H27N3O4S2. The third-order valence-corrected chi connectivity index (χ3v) is 7.99. The molecule has 0 bridgehead atoms. The van der Waals surface area contributed by atoms with E-state index in [4.69, 9.17) is 4.42 Å². The third-order valence-electron chi connectivity index (χ3n) is 5.36. The third kappa shape index (κ3) is 4.52. The lowest BCUT2D eigenvalue weighted by atomic mass is 9.87. The maximum absolute atomic E-state index is 12.5. The Morgan fingerprint density at radius 3 is 2.54 bits per heavy atom. The van der Waals surface area contributed by atoms with E-state index in [9.17, 15) is 13.2 Å². The van der Waals surface area contributed by atoms with Crippen molar-refractivity contribution in [2.45, 2.75) is 48.8 Å². The van der Waals surface area contributed by atoms with Crippen molar-refractivity contribution in [3.63, 3.8) is 0 Å². The minimum Gasteiger partial charge on any atom is -0.431 e. The van der Waals surface area contributed by atoms with E-state index in [0.717, 1.165) is 23.1 Å². The Balaban J connectivity index is 1.65. The predicted octanol–water partition coefficient (Wildman–Crippen LogP) is 3.21. The van der Waals surface area contributed by atoms with Crippen LogP contribution in [0.4, 0.5) is 0 Å². The van der Waals surface area contributed by atoms with Crippen LogP contribution in [0.3, 0.4) is 0 Å². The number of hydrogen-bond donors (Lipinski definition) is 0. The van der Waals surface area contributed by atoms with Gasteiger partial charge in [0, 0.05) is 27.2 Å². The topological polar surface area (TPSA) is 83.7 Å². The molecule has 1 aliphatic carbocycles. The number of benzene rings is 1. The molecule has 1 saturated carbocycles. The lowest BCUT2D eigenvalue weighted by Gasteiger charge is -2.33. The van der Waals surface area contributed by atoms with Gasteiger partial charge in [0.15, 0.2) is 5.58 Å². The molecule has 0 aliphatic heterocycles. The van der Waals surface area contributed by atoms with Crippen molar-refractivity contribution in [2.24, 2.45) is 5.92 Å². The molecule has 1 amide bonds. The zero-order valence-corrected chi connectivity index (χ0v) is 18.3. The summed E-state index contributed by atoms with van der Waals surface area (Å²) < 4.78 is 31.3. The summed E-state index contributed by atoms with van der Waals surface area (Å²) in [5, 5.41) is 0.369. The summed E-state index contributed by atoms with van der Waals surface area (Å²) >= 11 is 1.24. The van der Waals surface area contributed by atoms with Crippen molar-refractivity contribution < 1.29 is 17.6 Å². The second-order valence-electron chi connectivity index (χ2n) is 7.60. The van der Waals surface area contributed by atoms with Gasteiger partial charge in [-0.3, -0.25) is 4.79 Å². The van der Waals surface area contributed by atoms with Crippen LogP contribution in [-0.4, -0.2) is 61.5 Å². The number of rotatable bonds is 6. The molecule has 0 spiro atoms. The van der Waals surface area contributed by atoms with Crippen molar-refractivity contribution in [3.05, 3.63) is 18.2 Å². The van der Waals surface area contributed by atoms with Gasteiger partial charge >= 0.3 is 0 Å². The molecule has 0 radical (unpaired) electrons. The first-order valence-electron chi connectivity index (χ1n) is 9.40. The van der Waals surface area contributed by atoms with E-state index in [-0.39, 0.29) is 16.6 Å². The average Bonchev–Trinajstić information content (AvgIpc) is 3.08. The number of aromatic nitrogens is 1. The molecule has 7 nitrogen and oxygen atoms in total. The average molecular weight is 426 g/mol. The number of hydrogen-bond acceptors (Lipinski definition) is 6. The molecular weight excluding hydrogens is 398 g/mol. The molecule has 0 saturated heterocycles. The lowest BCUT2D eigenvalue weighted by molar-refractivity contribution is -0.129. The van der Waals surface area contributed by atoms with Gasteiger partial charge in [-0.2, -0.15) is 0 Å². The molecule has 1 aromatic heterocycles. The molecule has 1 heterocycles. The number of thioether (sulfide) groups is 1. The van der Waals surface area contributed by atoms with Gasteiger partial charge in [0.2, 0.25) is 15.9 Å². The normalized spacial score (nSPS) is 20.6. The molecule has 0 atom stereocenters. The fraction of sp³-hybridized carbons (Fsp3) is 0.579. The highest BCUT2D eigenvalue weighted by Crippen LogP contribution is 2.29. The van der Waals surface area contributed by atoms with E-state index < -0.39 is 10.0 Å². The van der Waals surface area contributed by atoms with Gasteiger partial charge < -0.3 is 9.32 Å². The van der Waals surface area contributed by atoms with Crippen LogP contribution in [0.15, 0.2) is 32.7 Å². The number of nitrogens with zero attached hydrogens (tertiary/aromatic N) is 3. The number of carbonyl (C=O) groups excluding carboxylic acids is 1. The number of carbonyl (C=O) groups is 1. The van der Waals surface area contributed by atoms with E-state index in [1.165, 1.54) is 50.8 Å².